The topological polar surface area (TPSA) is 81.4 Å². The maximum absolute atomic E-state index is 12.1. The van der Waals surface area contributed by atoms with Crippen LogP contribution in [0.2, 0.25) is 0 Å². The normalized spacial score (nSPS) is 13.6. The zero-order valence-corrected chi connectivity index (χ0v) is 14.3. The van der Waals surface area contributed by atoms with E-state index in [9.17, 15) is 9.59 Å². The third-order valence-corrected chi connectivity index (χ3v) is 4.22. The van der Waals surface area contributed by atoms with Crippen LogP contribution in [-0.2, 0) is 4.79 Å². The van der Waals surface area contributed by atoms with E-state index in [0.717, 1.165) is 29.8 Å². The van der Waals surface area contributed by atoms with Crippen molar-refractivity contribution >= 4 is 28.5 Å². The van der Waals surface area contributed by atoms with Gasteiger partial charge in [-0.05, 0) is 50.1 Å². The third-order valence-electron chi connectivity index (χ3n) is 4.22. The molecule has 6 heteroatoms. The summed E-state index contributed by atoms with van der Waals surface area (Å²) in [7, 11) is 0. The minimum atomic E-state index is -0.288. The fraction of sp³-hybridized carbons (Fsp3) is 0.250. The number of carbonyl (C=O) groups excluding carboxylic acids is 2. The smallest absolute Gasteiger partial charge is 0.262 e. The van der Waals surface area contributed by atoms with E-state index in [-0.39, 0.29) is 18.3 Å². The van der Waals surface area contributed by atoms with E-state index in [4.69, 9.17) is 9.15 Å². The summed E-state index contributed by atoms with van der Waals surface area (Å²) in [5.41, 5.74) is 2.65. The first-order chi connectivity index (χ1) is 12.6. The summed E-state index contributed by atoms with van der Waals surface area (Å²) in [6.45, 7) is 1.34. The van der Waals surface area contributed by atoms with Crippen LogP contribution in [0, 0.1) is 0 Å². The molecule has 2 aromatic carbocycles. The van der Waals surface area contributed by atoms with E-state index in [0.29, 0.717) is 22.9 Å². The van der Waals surface area contributed by atoms with Crippen LogP contribution in [0.5, 0.6) is 5.75 Å². The molecule has 1 N–H and O–H groups in total. The summed E-state index contributed by atoms with van der Waals surface area (Å²) in [6, 6.07) is 12.1. The monoisotopic (exact) mass is 350 g/mol. The van der Waals surface area contributed by atoms with Gasteiger partial charge >= 0.3 is 0 Å². The molecule has 4 rings (SSSR count). The number of ketones is 1. The highest BCUT2D eigenvalue weighted by atomic mass is 16.5. The predicted octanol–water partition coefficient (Wildman–Crippen LogP) is 3.93. The van der Waals surface area contributed by atoms with Crippen molar-refractivity contribution in [2.75, 3.05) is 11.9 Å². The Morgan fingerprint density at radius 1 is 1.23 bits per heavy atom. The number of Topliss-reactive ketones (excluding diaryl/α,β-unsaturated/α-hetero) is 1. The molecule has 0 aliphatic heterocycles. The first-order valence-corrected chi connectivity index (χ1v) is 8.52. The molecule has 1 fully saturated rings. The Kier molecular flexibility index (Phi) is 4.16. The maximum atomic E-state index is 12.1. The van der Waals surface area contributed by atoms with Crippen LogP contribution in [0.1, 0.15) is 41.9 Å². The van der Waals surface area contributed by atoms with E-state index in [1.54, 1.807) is 42.5 Å². The molecule has 1 heterocycles. The van der Waals surface area contributed by atoms with Gasteiger partial charge in [0.15, 0.2) is 23.9 Å². The van der Waals surface area contributed by atoms with Crippen molar-refractivity contribution < 1.29 is 18.7 Å². The first-order valence-electron chi connectivity index (χ1n) is 8.52. The van der Waals surface area contributed by atoms with Crippen molar-refractivity contribution in [1.29, 1.82) is 0 Å². The Balaban J connectivity index is 1.39. The molecule has 1 aromatic heterocycles. The van der Waals surface area contributed by atoms with Crippen LogP contribution in [0.25, 0.3) is 11.1 Å². The fourth-order valence-electron chi connectivity index (χ4n) is 2.68. The molecule has 0 saturated heterocycles. The van der Waals surface area contributed by atoms with E-state index < -0.39 is 0 Å². The van der Waals surface area contributed by atoms with E-state index >= 15 is 0 Å². The van der Waals surface area contributed by atoms with E-state index in [1.165, 1.54) is 6.92 Å². The number of benzene rings is 2. The summed E-state index contributed by atoms with van der Waals surface area (Å²) in [5, 5.41) is 2.78. The molecular formula is C20H18N2O4. The summed E-state index contributed by atoms with van der Waals surface area (Å²) in [4.78, 5) is 28.0. The fourth-order valence-corrected chi connectivity index (χ4v) is 2.68. The standard InChI is InChI=1S/C20H18N2O4/c1-12(23)14-3-2-4-16(9-14)25-11-19(24)21-15-7-8-18-17(10-15)22-20(26-18)13-5-6-13/h2-4,7-10,13H,5-6,11H2,1H3,(H,21,24). The van der Waals surface area contributed by atoms with Gasteiger partial charge in [0.25, 0.3) is 5.91 Å². The van der Waals surface area contributed by atoms with Crippen molar-refractivity contribution in [2.45, 2.75) is 25.7 Å². The van der Waals surface area contributed by atoms with Crippen LogP contribution >= 0.6 is 0 Å². The Bertz CT molecular complexity index is 988. The number of anilines is 1. The minimum absolute atomic E-state index is 0.0496. The number of aromatic nitrogens is 1. The largest absolute Gasteiger partial charge is 0.484 e. The van der Waals surface area contributed by atoms with Gasteiger partial charge in [-0.1, -0.05) is 12.1 Å². The number of amides is 1. The Hall–Kier alpha value is -3.15. The van der Waals surface area contributed by atoms with Crippen molar-refractivity contribution in [2.24, 2.45) is 0 Å². The average Bonchev–Trinajstić information content (AvgIpc) is 3.40. The quantitative estimate of drug-likeness (QED) is 0.681. The van der Waals surface area contributed by atoms with Gasteiger partial charge in [0, 0.05) is 17.2 Å². The number of nitrogens with zero attached hydrogens (tertiary/aromatic N) is 1. The summed E-state index contributed by atoms with van der Waals surface area (Å²) >= 11 is 0. The number of hydrogen-bond acceptors (Lipinski definition) is 5. The molecule has 1 amide bonds. The third kappa shape index (κ3) is 3.59. The molecule has 6 nitrogen and oxygen atoms in total. The molecule has 1 aliphatic carbocycles. The summed E-state index contributed by atoms with van der Waals surface area (Å²) in [6.07, 6.45) is 2.25. The Labute approximate surface area is 150 Å². The first kappa shape index (κ1) is 16.3. The molecule has 132 valence electrons. The molecule has 1 saturated carbocycles. The zero-order valence-electron chi connectivity index (χ0n) is 14.3. The van der Waals surface area contributed by atoms with Gasteiger partial charge in [-0.2, -0.15) is 0 Å². The number of nitrogens with one attached hydrogen (secondary N) is 1. The van der Waals surface area contributed by atoms with Crippen molar-refractivity contribution in [3.05, 3.63) is 53.9 Å². The summed E-state index contributed by atoms with van der Waals surface area (Å²) < 4.78 is 11.2. The van der Waals surface area contributed by atoms with Gasteiger partial charge in [-0.15, -0.1) is 0 Å². The highest BCUT2D eigenvalue weighted by Gasteiger charge is 2.28. The number of fused-ring (bicyclic) bond motifs is 1. The molecule has 0 unspecified atom stereocenters. The molecular weight excluding hydrogens is 332 g/mol. The lowest BCUT2D eigenvalue weighted by atomic mass is 10.1. The second-order valence-corrected chi connectivity index (χ2v) is 6.43. The van der Waals surface area contributed by atoms with Gasteiger partial charge in [0.2, 0.25) is 0 Å². The molecule has 0 bridgehead atoms. The lowest BCUT2D eigenvalue weighted by Gasteiger charge is -2.08. The number of carbonyl (C=O) groups is 2. The van der Waals surface area contributed by atoms with Crippen LogP contribution in [0.3, 0.4) is 0 Å². The minimum Gasteiger partial charge on any atom is -0.484 e. The lowest BCUT2D eigenvalue weighted by molar-refractivity contribution is -0.118. The van der Waals surface area contributed by atoms with Crippen LogP contribution in [0.4, 0.5) is 5.69 Å². The molecule has 26 heavy (non-hydrogen) atoms. The second kappa shape index (κ2) is 6.63. The highest BCUT2D eigenvalue weighted by Crippen LogP contribution is 2.40. The van der Waals surface area contributed by atoms with Crippen LogP contribution < -0.4 is 10.1 Å². The number of oxazole rings is 1. The van der Waals surface area contributed by atoms with E-state index in [2.05, 4.69) is 10.3 Å². The zero-order chi connectivity index (χ0) is 18.1. The van der Waals surface area contributed by atoms with Crippen LogP contribution in [0.15, 0.2) is 46.9 Å². The number of rotatable bonds is 6. The van der Waals surface area contributed by atoms with Crippen molar-refractivity contribution in [3.63, 3.8) is 0 Å². The Morgan fingerprint density at radius 3 is 2.85 bits per heavy atom. The molecule has 0 radical (unpaired) electrons. The Morgan fingerprint density at radius 2 is 2.08 bits per heavy atom. The molecule has 0 spiro atoms. The highest BCUT2D eigenvalue weighted by molar-refractivity contribution is 5.95. The average molecular weight is 350 g/mol. The number of hydrogen-bond donors (Lipinski definition) is 1. The van der Waals surface area contributed by atoms with Gasteiger partial charge in [-0.25, -0.2) is 4.98 Å². The van der Waals surface area contributed by atoms with Gasteiger partial charge in [0.05, 0.1) is 0 Å². The SMILES string of the molecule is CC(=O)c1cccc(OCC(=O)Nc2ccc3oc(C4CC4)nc3c2)c1. The van der Waals surface area contributed by atoms with Gasteiger partial charge in [-0.3, -0.25) is 9.59 Å². The van der Waals surface area contributed by atoms with Gasteiger partial charge < -0.3 is 14.5 Å². The van der Waals surface area contributed by atoms with Crippen molar-refractivity contribution in [3.8, 4) is 5.75 Å². The molecule has 3 aromatic rings. The second-order valence-electron chi connectivity index (χ2n) is 6.43. The maximum Gasteiger partial charge on any atom is 0.262 e. The van der Waals surface area contributed by atoms with Crippen molar-refractivity contribution in [1.82, 2.24) is 4.98 Å². The van der Waals surface area contributed by atoms with Crippen LogP contribution in [-0.4, -0.2) is 23.3 Å². The lowest BCUT2D eigenvalue weighted by Crippen LogP contribution is -2.20. The molecule has 1 aliphatic rings. The number of ether oxygens (including phenoxy) is 1. The predicted molar refractivity (Wildman–Crippen MR) is 96.6 cm³/mol. The van der Waals surface area contributed by atoms with Gasteiger partial charge in [0.1, 0.15) is 11.3 Å². The van der Waals surface area contributed by atoms with E-state index in [1.807, 2.05) is 0 Å². The molecule has 0 atom stereocenters. The summed E-state index contributed by atoms with van der Waals surface area (Å²) in [5.74, 6) is 1.36.